The topological polar surface area (TPSA) is 25.2 Å². The molecule has 0 aliphatic heterocycles. The van der Waals surface area contributed by atoms with Crippen LogP contribution in [0.1, 0.15) is 0 Å². The second-order valence-corrected chi connectivity index (χ2v) is 4.92. The molecule has 0 spiro atoms. The monoisotopic (exact) mass is 277 g/mol. The fraction of sp³-hybridized carbons (Fsp3) is 0. The number of benzene rings is 2. The molecule has 1 heterocycles. The van der Waals surface area contributed by atoms with Crippen molar-refractivity contribution in [1.82, 2.24) is 4.73 Å². The third-order valence-corrected chi connectivity index (χ3v) is 3.37. The van der Waals surface area contributed by atoms with Crippen LogP contribution in [0.5, 0.6) is 0 Å². The van der Waals surface area contributed by atoms with Crippen molar-refractivity contribution in [2.24, 2.45) is 0 Å². The molecular formula is C14H9Cl2NO. The fourth-order valence-corrected chi connectivity index (χ4v) is 2.28. The lowest BCUT2D eigenvalue weighted by molar-refractivity contribution is 0.205. The number of rotatable bonds is 1. The molecule has 0 radical (unpaired) electrons. The predicted molar refractivity (Wildman–Crippen MR) is 74.6 cm³/mol. The molecule has 0 atom stereocenters. The molecule has 0 saturated carbocycles. The van der Waals surface area contributed by atoms with Gasteiger partial charge in [-0.1, -0.05) is 41.4 Å². The van der Waals surface area contributed by atoms with Crippen LogP contribution in [0.3, 0.4) is 0 Å². The zero-order valence-electron chi connectivity index (χ0n) is 9.27. The van der Waals surface area contributed by atoms with Gasteiger partial charge in [-0.25, -0.2) is 0 Å². The summed E-state index contributed by atoms with van der Waals surface area (Å²) in [5, 5.41) is 12.4. The van der Waals surface area contributed by atoms with Crippen LogP contribution in [0.25, 0.3) is 22.2 Å². The molecule has 0 aliphatic carbocycles. The number of halogens is 2. The SMILES string of the molecule is On1c(-c2ccc(Cl)cc2)cc2ccc(Cl)cc21. The maximum Gasteiger partial charge on any atom is 0.0887 e. The molecule has 0 bridgehead atoms. The van der Waals surface area contributed by atoms with Gasteiger partial charge in [-0.2, -0.15) is 4.73 Å². The molecule has 0 saturated heterocycles. The second kappa shape index (κ2) is 4.23. The molecule has 0 unspecified atom stereocenters. The van der Waals surface area contributed by atoms with Gasteiger partial charge < -0.3 is 5.21 Å². The van der Waals surface area contributed by atoms with Crippen LogP contribution in [0, 0.1) is 0 Å². The number of hydrogen-bond acceptors (Lipinski definition) is 1. The summed E-state index contributed by atoms with van der Waals surface area (Å²) in [5.41, 5.74) is 2.30. The van der Waals surface area contributed by atoms with Gasteiger partial charge in [0.05, 0.1) is 11.2 Å². The Bertz CT molecular complexity index is 716. The standard InChI is InChI=1S/C14H9Cl2NO/c15-11-4-1-9(2-5-11)13-7-10-3-6-12(16)8-14(10)17(13)18/h1-8,18H. The Morgan fingerprint density at radius 1 is 0.833 bits per heavy atom. The highest BCUT2D eigenvalue weighted by molar-refractivity contribution is 6.31. The van der Waals surface area contributed by atoms with Crippen molar-refractivity contribution >= 4 is 34.1 Å². The first-order valence-corrected chi connectivity index (χ1v) is 6.17. The molecule has 0 aliphatic rings. The van der Waals surface area contributed by atoms with E-state index in [1.54, 1.807) is 24.3 Å². The van der Waals surface area contributed by atoms with Crippen molar-refractivity contribution in [2.75, 3.05) is 0 Å². The number of fused-ring (bicyclic) bond motifs is 1. The first kappa shape index (κ1) is 11.5. The van der Waals surface area contributed by atoms with Crippen LogP contribution in [-0.4, -0.2) is 9.94 Å². The highest BCUT2D eigenvalue weighted by atomic mass is 35.5. The lowest BCUT2D eigenvalue weighted by Crippen LogP contribution is -1.92. The van der Waals surface area contributed by atoms with Crippen LogP contribution >= 0.6 is 23.2 Å². The van der Waals surface area contributed by atoms with Crippen LogP contribution in [0.15, 0.2) is 48.5 Å². The first-order valence-electron chi connectivity index (χ1n) is 5.41. The number of nitrogens with zero attached hydrogens (tertiary/aromatic N) is 1. The van der Waals surface area contributed by atoms with Gasteiger partial charge >= 0.3 is 0 Å². The third-order valence-electron chi connectivity index (χ3n) is 2.88. The number of aromatic nitrogens is 1. The zero-order valence-corrected chi connectivity index (χ0v) is 10.8. The molecule has 3 aromatic rings. The minimum absolute atomic E-state index is 0.596. The summed E-state index contributed by atoms with van der Waals surface area (Å²) in [4.78, 5) is 0. The van der Waals surface area contributed by atoms with Crippen LogP contribution in [-0.2, 0) is 0 Å². The van der Waals surface area contributed by atoms with E-state index in [9.17, 15) is 5.21 Å². The van der Waals surface area contributed by atoms with Gasteiger partial charge in [-0.05, 0) is 30.3 Å². The highest BCUT2D eigenvalue weighted by Crippen LogP contribution is 2.29. The van der Waals surface area contributed by atoms with Gasteiger partial charge in [-0.15, -0.1) is 0 Å². The van der Waals surface area contributed by atoms with Gasteiger partial charge in [-0.3, -0.25) is 0 Å². The summed E-state index contributed by atoms with van der Waals surface area (Å²) in [6, 6.07) is 14.6. The average Bonchev–Trinajstić information content (AvgIpc) is 2.68. The van der Waals surface area contributed by atoms with Gasteiger partial charge in [0.15, 0.2) is 0 Å². The molecule has 1 N–H and O–H groups in total. The molecule has 4 heteroatoms. The lowest BCUT2D eigenvalue weighted by Gasteiger charge is -2.03. The van der Waals surface area contributed by atoms with E-state index in [1.807, 2.05) is 24.3 Å². The van der Waals surface area contributed by atoms with Crippen LogP contribution < -0.4 is 0 Å². The number of hydrogen-bond donors (Lipinski definition) is 1. The lowest BCUT2D eigenvalue weighted by atomic mass is 10.1. The average molecular weight is 278 g/mol. The van der Waals surface area contributed by atoms with Crippen LogP contribution in [0.2, 0.25) is 10.0 Å². The summed E-state index contributed by atoms with van der Waals surface area (Å²) in [5.74, 6) is 0. The van der Waals surface area contributed by atoms with Crippen molar-refractivity contribution in [2.45, 2.75) is 0 Å². The summed E-state index contributed by atoms with van der Waals surface area (Å²) in [7, 11) is 0. The normalized spacial score (nSPS) is 11.0. The molecule has 3 rings (SSSR count). The molecule has 0 amide bonds. The summed E-state index contributed by atoms with van der Waals surface area (Å²) in [6.45, 7) is 0. The van der Waals surface area contributed by atoms with Gasteiger partial charge in [0, 0.05) is 21.0 Å². The third kappa shape index (κ3) is 1.84. The Labute approximate surface area is 114 Å². The van der Waals surface area contributed by atoms with Crippen molar-refractivity contribution in [3.8, 4) is 11.3 Å². The molecular weight excluding hydrogens is 269 g/mol. The summed E-state index contributed by atoms with van der Waals surface area (Å²) in [6.07, 6.45) is 0. The Morgan fingerprint density at radius 3 is 2.22 bits per heavy atom. The molecule has 90 valence electrons. The molecule has 0 fully saturated rings. The Balaban J connectivity index is 2.23. The van der Waals surface area contributed by atoms with E-state index in [0.717, 1.165) is 15.7 Å². The quantitative estimate of drug-likeness (QED) is 0.632. The molecule has 1 aromatic heterocycles. The van der Waals surface area contributed by atoms with E-state index in [0.29, 0.717) is 21.3 Å². The van der Waals surface area contributed by atoms with E-state index in [-0.39, 0.29) is 0 Å². The molecule has 18 heavy (non-hydrogen) atoms. The smallest absolute Gasteiger partial charge is 0.0887 e. The minimum Gasteiger partial charge on any atom is -0.428 e. The Hall–Kier alpha value is -1.64. The first-order chi connectivity index (χ1) is 8.65. The second-order valence-electron chi connectivity index (χ2n) is 4.05. The van der Waals surface area contributed by atoms with Crippen molar-refractivity contribution in [3.05, 3.63) is 58.6 Å². The van der Waals surface area contributed by atoms with Crippen molar-refractivity contribution < 1.29 is 5.21 Å². The molecule has 2 nitrogen and oxygen atoms in total. The van der Waals surface area contributed by atoms with Crippen molar-refractivity contribution in [1.29, 1.82) is 0 Å². The van der Waals surface area contributed by atoms with E-state index >= 15 is 0 Å². The van der Waals surface area contributed by atoms with Crippen LogP contribution in [0.4, 0.5) is 0 Å². The van der Waals surface area contributed by atoms with E-state index in [2.05, 4.69) is 0 Å². The maximum absolute atomic E-state index is 10.2. The fourth-order valence-electron chi connectivity index (χ4n) is 1.99. The minimum atomic E-state index is 0.596. The predicted octanol–water partition coefficient (Wildman–Crippen LogP) is 4.85. The highest BCUT2D eigenvalue weighted by Gasteiger charge is 2.10. The van der Waals surface area contributed by atoms with Gasteiger partial charge in [0.1, 0.15) is 0 Å². The Kier molecular flexibility index (Phi) is 2.69. The van der Waals surface area contributed by atoms with Crippen molar-refractivity contribution in [3.63, 3.8) is 0 Å². The Morgan fingerprint density at radius 2 is 1.50 bits per heavy atom. The van der Waals surface area contributed by atoms with Gasteiger partial charge in [0.2, 0.25) is 0 Å². The van der Waals surface area contributed by atoms with E-state index < -0.39 is 0 Å². The van der Waals surface area contributed by atoms with Gasteiger partial charge in [0.25, 0.3) is 0 Å². The van der Waals surface area contributed by atoms with E-state index in [1.165, 1.54) is 0 Å². The zero-order chi connectivity index (χ0) is 12.7. The largest absolute Gasteiger partial charge is 0.428 e. The summed E-state index contributed by atoms with van der Waals surface area (Å²) >= 11 is 11.8. The molecule has 2 aromatic carbocycles. The summed E-state index contributed by atoms with van der Waals surface area (Å²) < 4.78 is 1.14. The maximum atomic E-state index is 10.2. The van der Waals surface area contributed by atoms with E-state index in [4.69, 9.17) is 23.2 Å².